The Morgan fingerprint density at radius 1 is 1.24 bits per heavy atom. The molecule has 2 saturated carbocycles. The second-order valence-corrected chi connectivity index (χ2v) is 9.35. The lowest BCUT2D eigenvalue weighted by Gasteiger charge is -2.21. The lowest BCUT2D eigenvalue weighted by Crippen LogP contribution is -2.28. The third kappa shape index (κ3) is 3.12. The van der Waals surface area contributed by atoms with Crippen LogP contribution < -0.4 is 11.1 Å². The SMILES string of the molecule is CCC[C@H]1CCc2c(sc(NC(=O)[C@H]3C[C@@H]4CC[C@@H]3C4)c2C(N)=O)C1. The zero-order valence-corrected chi connectivity index (χ0v) is 15.8. The van der Waals surface area contributed by atoms with Crippen molar-refractivity contribution < 1.29 is 9.59 Å². The quantitative estimate of drug-likeness (QED) is 0.829. The highest BCUT2D eigenvalue weighted by molar-refractivity contribution is 7.17. The molecule has 4 rings (SSSR count). The van der Waals surface area contributed by atoms with E-state index in [2.05, 4.69) is 12.2 Å². The smallest absolute Gasteiger partial charge is 0.251 e. The van der Waals surface area contributed by atoms with E-state index in [9.17, 15) is 9.59 Å². The summed E-state index contributed by atoms with van der Waals surface area (Å²) in [7, 11) is 0. The van der Waals surface area contributed by atoms with Crippen molar-refractivity contribution >= 4 is 28.2 Å². The van der Waals surface area contributed by atoms with Crippen LogP contribution in [-0.2, 0) is 17.6 Å². The lowest BCUT2D eigenvalue weighted by atomic mass is 9.84. The first-order valence-corrected chi connectivity index (χ1v) is 10.6. The van der Waals surface area contributed by atoms with E-state index in [1.807, 2.05) is 0 Å². The van der Waals surface area contributed by atoms with E-state index in [1.54, 1.807) is 11.3 Å². The van der Waals surface area contributed by atoms with Crippen LogP contribution in [0.2, 0.25) is 0 Å². The number of rotatable bonds is 5. The zero-order valence-electron chi connectivity index (χ0n) is 15.0. The van der Waals surface area contributed by atoms with E-state index in [4.69, 9.17) is 5.73 Å². The fraction of sp³-hybridized carbons (Fsp3) is 0.700. The fourth-order valence-electron chi connectivity index (χ4n) is 5.43. The summed E-state index contributed by atoms with van der Waals surface area (Å²) in [4.78, 5) is 26.1. The highest BCUT2D eigenvalue weighted by Gasteiger charge is 2.43. The number of nitrogens with two attached hydrogens (primary N) is 1. The molecule has 4 atom stereocenters. The topological polar surface area (TPSA) is 72.2 Å². The first kappa shape index (κ1) is 17.1. The Hall–Kier alpha value is -1.36. The molecule has 0 aromatic carbocycles. The molecule has 1 aromatic rings. The minimum Gasteiger partial charge on any atom is -0.365 e. The molecule has 0 unspecified atom stereocenters. The third-order valence-electron chi connectivity index (χ3n) is 6.62. The Balaban J connectivity index is 1.55. The van der Waals surface area contributed by atoms with Crippen LogP contribution in [0.4, 0.5) is 5.00 Å². The van der Waals surface area contributed by atoms with Gasteiger partial charge in [0, 0.05) is 10.8 Å². The van der Waals surface area contributed by atoms with Crippen LogP contribution in [0.15, 0.2) is 0 Å². The van der Waals surface area contributed by atoms with Gasteiger partial charge in [0.25, 0.3) is 5.91 Å². The molecule has 1 aromatic heterocycles. The second kappa shape index (κ2) is 6.75. The molecule has 2 bridgehead atoms. The maximum Gasteiger partial charge on any atom is 0.251 e. The van der Waals surface area contributed by atoms with Gasteiger partial charge >= 0.3 is 0 Å². The van der Waals surface area contributed by atoms with Crippen LogP contribution in [0.1, 0.15) is 72.7 Å². The summed E-state index contributed by atoms with van der Waals surface area (Å²) in [5.41, 5.74) is 7.38. The Kier molecular flexibility index (Phi) is 4.61. The molecule has 0 saturated heterocycles. The van der Waals surface area contributed by atoms with Crippen LogP contribution in [-0.4, -0.2) is 11.8 Å². The fourth-order valence-corrected chi connectivity index (χ4v) is 6.80. The zero-order chi connectivity index (χ0) is 17.6. The van der Waals surface area contributed by atoms with E-state index in [0.29, 0.717) is 22.4 Å². The summed E-state index contributed by atoms with van der Waals surface area (Å²) in [6, 6.07) is 0. The minimum absolute atomic E-state index is 0.110. The third-order valence-corrected chi connectivity index (χ3v) is 7.79. The van der Waals surface area contributed by atoms with Gasteiger partial charge in [-0.1, -0.05) is 26.2 Å². The van der Waals surface area contributed by atoms with Gasteiger partial charge in [-0.05, 0) is 61.8 Å². The number of fused-ring (bicyclic) bond motifs is 3. The molecule has 0 spiro atoms. The normalized spacial score (nSPS) is 30.3. The highest BCUT2D eigenvalue weighted by atomic mass is 32.1. The number of hydrogen-bond acceptors (Lipinski definition) is 3. The van der Waals surface area contributed by atoms with E-state index < -0.39 is 5.91 Å². The molecule has 0 aliphatic heterocycles. The van der Waals surface area contributed by atoms with Crippen molar-refractivity contribution in [3.05, 3.63) is 16.0 Å². The Labute approximate surface area is 153 Å². The van der Waals surface area contributed by atoms with E-state index in [-0.39, 0.29) is 11.8 Å². The van der Waals surface area contributed by atoms with Crippen LogP contribution in [0.3, 0.4) is 0 Å². The van der Waals surface area contributed by atoms with E-state index in [0.717, 1.165) is 37.2 Å². The number of thiophene rings is 1. The minimum atomic E-state index is -0.394. The summed E-state index contributed by atoms with van der Waals surface area (Å²) in [5, 5.41) is 3.81. The first-order chi connectivity index (χ1) is 12.1. The van der Waals surface area contributed by atoms with Gasteiger partial charge in [-0.3, -0.25) is 9.59 Å². The van der Waals surface area contributed by atoms with Crippen molar-refractivity contribution in [1.82, 2.24) is 0 Å². The molecule has 3 aliphatic carbocycles. The van der Waals surface area contributed by atoms with E-state index >= 15 is 0 Å². The average Bonchev–Trinajstić information content (AvgIpc) is 3.27. The number of amides is 2. The summed E-state index contributed by atoms with van der Waals surface area (Å²) in [6.45, 7) is 2.22. The molecule has 2 amide bonds. The van der Waals surface area contributed by atoms with Crippen LogP contribution in [0.5, 0.6) is 0 Å². The van der Waals surface area contributed by atoms with Crippen LogP contribution >= 0.6 is 11.3 Å². The number of carbonyl (C=O) groups is 2. The molecular weight excluding hydrogens is 332 g/mol. The largest absolute Gasteiger partial charge is 0.365 e. The monoisotopic (exact) mass is 360 g/mol. The molecule has 3 N–H and O–H groups in total. The van der Waals surface area contributed by atoms with Crippen LogP contribution in [0, 0.1) is 23.7 Å². The van der Waals surface area contributed by atoms with Gasteiger partial charge in [0.05, 0.1) is 5.56 Å². The maximum atomic E-state index is 12.8. The lowest BCUT2D eigenvalue weighted by molar-refractivity contribution is -0.121. The Morgan fingerprint density at radius 3 is 2.72 bits per heavy atom. The molecule has 25 heavy (non-hydrogen) atoms. The van der Waals surface area contributed by atoms with Crippen molar-refractivity contribution in [1.29, 1.82) is 0 Å². The Morgan fingerprint density at radius 2 is 2.08 bits per heavy atom. The molecule has 0 radical (unpaired) electrons. The molecular formula is C20H28N2O2S. The first-order valence-electron chi connectivity index (χ1n) is 9.82. The number of hydrogen-bond donors (Lipinski definition) is 2. The van der Waals surface area contributed by atoms with Gasteiger partial charge in [0.15, 0.2) is 0 Å². The molecule has 4 nitrogen and oxygen atoms in total. The summed E-state index contributed by atoms with van der Waals surface area (Å²) < 4.78 is 0. The van der Waals surface area contributed by atoms with Gasteiger partial charge in [-0.15, -0.1) is 11.3 Å². The number of nitrogens with one attached hydrogen (secondary N) is 1. The second-order valence-electron chi connectivity index (χ2n) is 8.24. The summed E-state index contributed by atoms with van der Waals surface area (Å²) in [6.07, 6.45) is 10.2. The van der Waals surface area contributed by atoms with Crippen molar-refractivity contribution in [2.24, 2.45) is 29.4 Å². The van der Waals surface area contributed by atoms with Crippen molar-refractivity contribution in [3.63, 3.8) is 0 Å². The number of anilines is 1. The van der Waals surface area contributed by atoms with Gasteiger partial charge in [0.2, 0.25) is 5.91 Å². The highest BCUT2D eigenvalue weighted by Crippen LogP contribution is 2.49. The average molecular weight is 361 g/mol. The maximum absolute atomic E-state index is 12.8. The molecule has 2 fully saturated rings. The predicted molar refractivity (Wildman–Crippen MR) is 101 cm³/mol. The Bertz CT molecular complexity index is 696. The number of primary amides is 1. The molecule has 3 aliphatic rings. The molecule has 136 valence electrons. The van der Waals surface area contributed by atoms with E-state index in [1.165, 1.54) is 37.0 Å². The van der Waals surface area contributed by atoms with Gasteiger partial charge in [0.1, 0.15) is 5.00 Å². The van der Waals surface area contributed by atoms with Crippen molar-refractivity contribution in [2.45, 2.75) is 64.7 Å². The van der Waals surface area contributed by atoms with Crippen molar-refractivity contribution in [3.8, 4) is 0 Å². The number of carbonyl (C=O) groups excluding carboxylic acids is 2. The summed E-state index contributed by atoms with van der Waals surface area (Å²) >= 11 is 1.59. The van der Waals surface area contributed by atoms with Gasteiger partial charge in [-0.25, -0.2) is 0 Å². The standard InChI is InChI=1S/C20H28N2O2S/c1-2-3-11-5-7-14-16(10-11)25-20(17(14)18(21)23)22-19(24)15-9-12-4-6-13(15)8-12/h11-13,15H,2-10H2,1H3,(H2,21,23)(H,22,24)/t11-,12+,13+,15-/m0/s1. The molecule has 1 heterocycles. The van der Waals surface area contributed by atoms with Gasteiger partial charge < -0.3 is 11.1 Å². The summed E-state index contributed by atoms with van der Waals surface area (Å²) in [5.74, 6) is 1.83. The van der Waals surface area contributed by atoms with Crippen LogP contribution in [0.25, 0.3) is 0 Å². The van der Waals surface area contributed by atoms with Crippen molar-refractivity contribution in [2.75, 3.05) is 5.32 Å². The van der Waals surface area contributed by atoms with Gasteiger partial charge in [-0.2, -0.15) is 0 Å². The molecule has 5 heteroatoms. The predicted octanol–water partition coefficient (Wildman–Crippen LogP) is 4.13.